The average molecular weight is 434 g/mol. The minimum Gasteiger partial charge on any atom is -0.398 e. The van der Waals surface area contributed by atoms with E-state index >= 15 is 0 Å². The number of aryl methyl sites for hydroxylation is 1. The Morgan fingerprint density at radius 2 is 1.82 bits per heavy atom. The summed E-state index contributed by atoms with van der Waals surface area (Å²) in [6.07, 6.45) is 1.92. The third-order valence-corrected chi connectivity index (χ3v) is 5.22. The minimum absolute atomic E-state index is 0.154. The summed E-state index contributed by atoms with van der Waals surface area (Å²) in [6, 6.07) is 19.2. The summed E-state index contributed by atoms with van der Waals surface area (Å²) in [5.41, 5.74) is 10.0. The number of fused-ring (bicyclic) bond motifs is 2. The van der Waals surface area contributed by atoms with E-state index in [-0.39, 0.29) is 5.91 Å². The van der Waals surface area contributed by atoms with Crippen molar-refractivity contribution >= 4 is 54.9 Å². The van der Waals surface area contributed by atoms with Gasteiger partial charge in [0, 0.05) is 32.5 Å². The van der Waals surface area contributed by atoms with E-state index in [1.165, 1.54) is 0 Å². The Hall–Kier alpha value is -2.92. The Morgan fingerprint density at radius 3 is 2.64 bits per heavy atom. The van der Waals surface area contributed by atoms with E-state index in [2.05, 4.69) is 33.2 Å². The summed E-state index contributed by atoms with van der Waals surface area (Å²) in [7, 11) is 0. The largest absolute Gasteiger partial charge is 0.398 e. The molecule has 140 valence electrons. The van der Waals surface area contributed by atoms with Crippen molar-refractivity contribution in [2.75, 3.05) is 11.1 Å². The first kappa shape index (κ1) is 18.4. The van der Waals surface area contributed by atoms with Gasteiger partial charge in [-0.15, -0.1) is 0 Å². The van der Waals surface area contributed by atoms with Crippen molar-refractivity contribution in [2.24, 2.45) is 0 Å². The number of carbonyl (C=O) groups is 1. The van der Waals surface area contributed by atoms with Gasteiger partial charge in [0.1, 0.15) is 0 Å². The molecule has 4 nitrogen and oxygen atoms in total. The molecule has 1 amide bonds. The van der Waals surface area contributed by atoms with E-state index in [1.807, 2.05) is 60.7 Å². The highest BCUT2D eigenvalue weighted by molar-refractivity contribution is 9.10. The number of nitrogens with two attached hydrogens (primary N) is 1. The van der Waals surface area contributed by atoms with Crippen molar-refractivity contribution in [3.8, 4) is 0 Å². The Kier molecular flexibility index (Phi) is 5.01. The van der Waals surface area contributed by atoms with E-state index in [9.17, 15) is 4.79 Å². The summed E-state index contributed by atoms with van der Waals surface area (Å²) < 4.78 is 1.02. The first-order valence-electron chi connectivity index (χ1n) is 9.23. The maximum absolute atomic E-state index is 12.7. The number of aromatic nitrogens is 1. The van der Waals surface area contributed by atoms with Crippen LogP contribution in [0, 0.1) is 0 Å². The van der Waals surface area contributed by atoms with Gasteiger partial charge in [0.15, 0.2) is 0 Å². The van der Waals surface area contributed by atoms with Gasteiger partial charge in [0.05, 0.1) is 5.52 Å². The Morgan fingerprint density at radius 1 is 1.04 bits per heavy atom. The highest BCUT2D eigenvalue weighted by Gasteiger charge is 2.10. The number of halogens is 1. The van der Waals surface area contributed by atoms with Gasteiger partial charge < -0.3 is 11.1 Å². The standard InChI is InChI=1S/C23H20BrN3O/c1-2-3-18-13-21(25)20-12-19(8-9-22(20)26-18)27-23(28)16-5-4-15-11-17(24)7-6-14(15)10-16/h4-13H,2-3H2,1H3,(H2,25,26)(H,27,28). The number of pyridine rings is 1. The topological polar surface area (TPSA) is 68.0 Å². The lowest BCUT2D eigenvalue weighted by Gasteiger charge is -2.10. The second kappa shape index (κ2) is 7.60. The van der Waals surface area contributed by atoms with Crippen LogP contribution in [0.5, 0.6) is 0 Å². The molecular weight excluding hydrogens is 414 g/mol. The highest BCUT2D eigenvalue weighted by atomic mass is 79.9. The van der Waals surface area contributed by atoms with Crippen LogP contribution in [0.2, 0.25) is 0 Å². The number of rotatable bonds is 4. The third-order valence-electron chi connectivity index (χ3n) is 4.72. The molecule has 0 aliphatic rings. The quantitative estimate of drug-likeness (QED) is 0.418. The normalized spacial score (nSPS) is 11.1. The number of anilines is 2. The van der Waals surface area contributed by atoms with E-state index in [0.29, 0.717) is 16.9 Å². The van der Waals surface area contributed by atoms with Crippen molar-refractivity contribution in [1.29, 1.82) is 0 Å². The molecule has 0 aliphatic heterocycles. The molecule has 0 fully saturated rings. The summed E-state index contributed by atoms with van der Waals surface area (Å²) in [5.74, 6) is -0.154. The SMILES string of the molecule is CCCc1cc(N)c2cc(NC(=O)c3ccc4cc(Br)ccc4c3)ccc2n1. The zero-order valence-electron chi connectivity index (χ0n) is 15.5. The lowest BCUT2D eigenvalue weighted by atomic mass is 10.1. The van der Waals surface area contributed by atoms with Crippen LogP contribution in [0.15, 0.2) is 65.1 Å². The van der Waals surface area contributed by atoms with Crippen molar-refractivity contribution in [3.63, 3.8) is 0 Å². The van der Waals surface area contributed by atoms with Gasteiger partial charge in [0.2, 0.25) is 0 Å². The van der Waals surface area contributed by atoms with Crippen molar-refractivity contribution < 1.29 is 4.79 Å². The van der Waals surface area contributed by atoms with Crippen molar-refractivity contribution in [3.05, 3.63) is 76.4 Å². The van der Waals surface area contributed by atoms with Crippen LogP contribution in [-0.4, -0.2) is 10.9 Å². The van der Waals surface area contributed by atoms with E-state index < -0.39 is 0 Å². The second-order valence-electron chi connectivity index (χ2n) is 6.85. The molecule has 3 N–H and O–H groups in total. The number of hydrogen-bond donors (Lipinski definition) is 2. The summed E-state index contributed by atoms with van der Waals surface area (Å²) in [4.78, 5) is 17.4. The maximum Gasteiger partial charge on any atom is 0.255 e. The number of benzene rings is 3. The van der Waals surface area contributed by atoms with E-state index in [0.717, 1.165) is 44.7 Å². The fraction of sp³-hybridized carbons (Fsp3) is 0.130. The fourth-order valence-corrected chi connectivity index (χ4v) is 3.71. The van der Waals surface area contributed by atoms with Crippen LogP contribution in [-0.2, 0) is 6.42 Å². The van der Waals surface area contributed by atoms with Crippen molar-refractivity contribution in [1.82, 2.24) is 4.98 Å². The first-order chi connectivity index (χ1) is 13.5. The average Bonchev–Trinajstić information content (AvgIpc) is 2.68. The monoisotopic (exact) mass is 433 g/mol. The summed E-state index contributed by atoms with van der Waals surface area (Å²) >= 11 is 3.47. The lowest BCUT2D eigenvalue weighted by Crippen LogP contribution is -2.11. The smallest absolute Gasteiger partial charge is 0.255 e. The molecule has 0 atom stereocenters. The van der Waals surface area contributed by atoms with Gasteiger partial charge in [-0.2, -0.15) is 0 Å². The molecule has 4 rings (SSSR count). The van der Waals surface area contributed by atoms with Crippen LogP contribution < -0.4 is 11.1 Å². The van der Waals surface area contributed by atoms with Crippen molar-refractivity contribution in [2.45, 2.75) is 19.8 Å². The molecule has 1 aromatic heterocycles. The molecule has 0 saturated carbocycles. The molecule has 0 aliphatic carbocycles. The number of nitrogen functional groups attached to an aromatic ring is 1. The van der Waals surface area contributed by atoms with Crippen LogP contribution in [0.4, 0.5) is 11.4 Å². The number of nitrogens with one attached hydrogen (secondary N) is 1. The summed E-state index contributed by atoms with van der Waals surface area (Å²) in [6.45, 7) is 2.12. The van der Waals surface area contributed by atoms with Gasteiger partial charge in [-0.25, -0.2) is 0 Å². The molecule has 0 spiro atoms. The molecule has 1 heterocycles. The van der Waals surface area contributed by atoms with Gasteiger partial charge in [-0.1, -0.05) is 41.4 Å². The second-order valence-corrected chi connectivity index (χ2v) is 7.76. The van der Waals surface area contributed by atoms with Gasteiger partial charge in [-0.3, -0.25) is 9.78 Å². The number of hydrogen-bond acceptors (Lipinski definition) is 3. The fourth-order valence-electron chi connectivity index (χ4n) is 3.33. The van der Waals surface area contributed by atoms with Crippen LogP contribution in [0.1, 0.15) is 29.4 Å². The molecule has 5 heteroatoms. The maximum atomic E-state index is 12.7. The predicted octanol–water partition coefficient (Wildman–Crippen LogP) is 5.94. The zero-order valence-corrected chi connectivity index (χ0v) is 17.1. The zero-order chi connectivity index (χ0) is 19.7. The van der Waals surface area contributed by atoms with Gasteiger partial charge in [-0.05, 0) is 65.7 Å². The number of nitrogens with zero attached hydrogens (tertiary/aromatic N) is 1. The van der Waals surface area contributed by atoms with E-state index in [1.54, 1.807) is 0 Å². The van der Waals surface area contributed by atoms with E-state index in [4.69, 9.17) is 5.73 Å². The Bertz CT molecular complexity index is 1200. The minimum atomic E-state index is -0.154. The molecule has 3 aromatic carbocycles. The third kappa shape index (κ3) is 3.71. The molecule has 0 saturated heterocycles. The van der Waals surface area contributed by atoms with Crippen LogP contribution in [0.25, 0.3) is 21.7 Å². The van der Waals surface area contributed by atoms with Crippen LogP contribution in [0.3, 0.4) is 0 Å². The number of amides is 1. The first-order valence-corrected chi connectivity index (χ1v) is 10.0. The molecule has 0 unspecified atom stereocenters. The Balaban J connectivity index is 1.62. The molecule has 28 heavy (non-hydrogen) atoms. The molecule has 0 bridgehead atoms. The molecular formula is C23H20BrN3O. The van der Waals surface area contributed by atoms with Crippen LogP contribution >= 0.6 is 15.9 Å². The Labute approximate surface area is 171 Å². The van der Waals surface area contributed by atoms with Gasteiger partial charge in [0.25, 0.3) is 5.91 Å². The predicted molar refractivity (Wildman–Crippen MR) is 120 cm³/mol. The number of carbonyl (C=O) groups excluding carboxylic acids is 1. The summed E-state index contributed by atoms with van der Waals surface area (Å²) in [5, 5.41) is 5.91. The molecule has 4 aromatic rings. The molecule has 0 radical (unpaired) electrons. The van der Waals surface area contributed by atoms with Gasteiger partial charge >= 0.3 is 0 Å². The lowest BCUT2D eigenvalue weighted by molar-refractivity contribution is 0.102. The highest BCUT2D eigenvalue weighted by Crippen LogP contribution is 2.26.